The third-order valence-electron chi connectivity index (χ3n) is 3.86. The maximum absolute atomic E-state index is 3.61. The topological polar surface area (TPSA) is 0 Å². The first-order valence-electron chi connectivity index (χ1n) is 6.70. The SMILES string of the molecule is CCCCC1c2ccccc2-c2ccc(Br)cc21. The van der Waals surface area contributed by atoms with Crippen molar-refractivity contribution in [3.63, 3.8) is 0 Å². The fourth-order valence-corrected chi connectivity index (χ4v) is 3.38. The third-order valence-corrected chi connectivity index (χ3v) is 4.36. The molecular formula is C17H17Br. The zero-order valence-electron chi connectivity index (χ0n) is 10.6. The first-order chi connectivity index (χ1) is 8.81. The molecule has 0 N–H and O–H groups in total. The Morgan fingerprint density at radius 1 is 1.00 bits per heavy atom. The highest BCUT2D eigenvalue weighted by Gasteiger charge is 2.27. The lowest BCUT2D eigenvalue weighted by Gasteiger charge is -2.13. The molecule has 1 unspecified atom stereocenters. The van der Waals surface area contributed by atoms with E-state index in [1.54, 1.807) is 0 Å². The first kappa shape index (κ1) is 12.0. The van der Waals surface area contributed by atoms with Crippen molar-refractivity contribution in [2.45, 2.75) is 32.1 Å². The summed E-state index contributed by atoms with van der Waals surface area (Å²) < 4.78 is 1.19. The van der Waals surface area contributed by atoms with Crippen molar-refractivity contribution in [3.05, 3.63) is 58.1 Å². The van der Waals surface area contributed by atoms with Gasteiger partial charge < -0.3 is 0 Å². The van der Waals surface area contributed by atoms with Gasteiger partial charge in [-0.1, -0.05) is 66.0 Å². The van der Waals surface area contributed by atoms with Gasteiger partial charge in [0.25, 0.3) is 0 Å². The van der Waals surface area contributed by atoms with Crippen molar-refractivity contribution in [3.8, 4) is 11.1 Å². The van der Waals surface area contributed by atoms with Gasteiger partial charge in [-0.2, -0.15) is 0 Å². The number of unbranched alkanes of at least 4 members (excludes halogenated alkanes) is 1. The summed E-state index contributed by atoms with van der Waals surface area (Å²) in [5.41, 5.74) is 5.87. The molecule has 2 aromatic carbocycles. The predicted octanol–water partition coefficient (Wildman–Crippen LogP) is 5.75. The maximum Gasteiger partial charge on any atom is 0.0178 e. The Hall–Kier alpha value is -1.08. The molecule has 1 heteroatoms. The Labute approximate surface area is 117 Å². The van der Waals surface area contributed by atoms with Gasteiger partial charge in [-0.15, -0.1) is 0 Å². The van der Waals surface area contributed by atoms with Gasteiger partial charge in [-0.05, 0) is 40.8 Å². The lowest BCUT2D eigenvalue weighted by Crippen LogP contribution is -1.96. The Bertz CT molecular complexity index is 572. The van der Waals surface area contributed by atoms with Crippen molar-refractivity contribution in [2.75, 3.05) is 0 Å². The van der Waals surface area contributed by atoms with E-state index in [-0.39, 0.29) is 0 Å². The summed E-state index contributed by atoms with van der Waals surface area (Å²) in [5.74, 6) is 0.591. The number of benzene rings is 2. The summed E-state index contributed by atoms with van der Waals surface area (Å²) in [6, 6.07) is 15.6. The van der Waals surface area contributed by atoms with Gasteiger partial charge in [0.1, 0.15) is 0 Å². The summed E-state index contributed by atoms with van der Waals surface area (Å²) in [5, 5.41) is 0. The van der Waals surface area contributed by atoms with Crippen LogP contribution in [-0.4, -0.2) is 0 Å². The van der Waals surface area contributed by atoms with E-state index in [4.69, 9.17) is 0 Å². The fourth-order valence-electron chi connectivity index (χ4n) is 3.00. The minimum Gasteiger partial charge on any atom is -0.0654 e. The van der Waals surface area contributed by atoms with Crippen LogP contribution in [0.15, 0.2) is 46.9 Å². The van der Waals surface area contributed by atoms with Gasteiger partial charge in [-0.25, -0.2) is 0 Å². The molecule has 0 radical (unpaired) electrons. The van der Waals surface area contributed by atoms with Crippen molar-refractivity contribution in [2.24, 2.45) is 0 Å². The van der Waals surface area contributed by atoms with Gasteiger partial charge in [0.05, 0.1) is 0 Å². The van der Waals surface area contributed by atoms with E-state index < -0.39 is 0 Å². The smallest absolute Gasteiger partial charge is 0.0178 e. The summed E-state index contributed by atoms with van der Waals surface area (Å²) in [6.45, 7) is 2.27. The first-order valence-corrected chi connectivity index (χ1v) is 7.49. The van der Waals surface area contributed by atoms with Crippen molar-refractivity contribution < 1.29 is 0 Å². The molecule has 0 amide bonds. The second-order valence-corrected chi connectivity index (χ2v) is 5.93. The molecule has 1 aliphatic rings. The van der Waals surface area contributed by atoms with Crippen LogP contribution in [0.3, 0.4) is 0 Å². The van der Waals surface area contributed by atoms with E-state index >= 15 is 0 Å². The fraction of sp³-hybridized carbons (Fsp3) is 0.294. The van der Waals surface area contributed by atoms with Gasteiger partial charge in [0.2, 0.25) is 0 Å². The van der Waals surface area contributed by atoms with Crippen LogP contribution in [0.5, 0.6) is 0 Å². The second kappa shape index (κ2) is 4.89. The Morgan fingerprint density at radius 2 is 1.78 bits per heavy atom. The molecule has 2 aromatic rings. The van der Waals surface area contributed by atoms with Crippen molar-refractivity contribution in [1.82, 2.24) is 0 Å². The quantitative estimate of drug-likeness (QED) is 0.677. The Morgan fingerprint density at radius 3 is 2.61 bits per heavy atom. The second-order valence-electron chi connectivity index (χ2n) is 5.01. The maximum atomic E-state index is 3.61. The monoisotopic (exact) mass is 300 g/mol. The van der Waals surface area contributed by atoms with E-state index in [0.717, 1.165) is 0 Å². The summed E-state index contributed by atoms with van der Waals surface area (Å²) >= 11 is 3.61. The molecular weight excluding hydrogens is 284 g/mol. The number of halogens is 1. The molecule has 92 valence electrons. The molecule has 0 fully saturated rings. The number of fused-ring (bicyclic) bond motifs is 3. The van der Waals surface area contributed by atoms with E-state index in [1.807, 2.05) is 0 Å². The zero-order valence-corrected chi connectivity index (χ0v) is 12.2. The van der Waals surface area contributed by atoms with Crippen molar-refractivity contribution in [1.29, 1.82) is 0 Å². The molecule has 1 aliphatic carbocycles. The van der Waals surface area contributed by atoms with E-state index in [2.05, 4.69) is 65.3 Å². The lowest BCUT2D eigenvalue weighted by atomic mass is 9.92. The highest BCUT2D eigenvalue weighted by atomic mass is 79.9. The Balaban J connectivity index is 2.12. The highest BCUT2D eigenvalue weighted by Crippen LogP contribution is 2.47. The van der Waals surface area contributed by atoms with Crippen molar-refractivity contribution >= 4 is 15.9 Å². The highest BCUT2D eigenvalue weighted by molar-refractivity contribution is 9.10. The molecule has 0 nitrogen and oxygen atoms in total. The van der Waals surface area contributed by atoms with Crippen LogP contribution in [0, 0.1) is 0 Å². The van der Waals surface area contributed by atoms with Crippen LogP contribution in [0.25, 0.3) is 11.1 Å². The van der Waals surface area contributed by atoms with E-state index in [0.29, 0.717) is 5.92 Å². The van der Waals surface area contributed by atoms with Crippen LogP contribution < -0.4 is 0 Å². The summed E-state index contributed by atoms with van der Waals surface area (Å²) in [7, 11) is 0. The van der Waals surface area contributed by atoms with Gasteiger partial charge in [-0.3, -0.25) is 0 Å². The molecule has 0 saturated heterocycles. The standard InChI is InChI=1S/C17H17Br/c1-2-3-6-15-13-7-4-5-8-14(13)16-10-9-12(18)11-17(15)16/h4-5,7-11,15H,2-3,6H2,1H3. The largest absolute Gasteiger partial charge is 0.0654 e. The molecule has 0 bridgehead atoms. The van der Waals surface area contributed by atoms with Gasteiger partial charge in [0.15, 0.2) is 0 Å². The average molecular weight is 301 g/mol. The number of rotatable bonds is 3. The minimum absolute atomic E-state index is 0.591. The van der Waals surface area contributed by atoms with Gasteiger partial charge in [0, 0.05) is 10.4 Å². The minimum atomic E-state index is 0.591. The van der Waals surface area contributed by atoms with Crippen LogP contribution in [-0.2, 0) is 0 Å². The lowest BCUT2D eigenvalue weighted by molar-refractivity contribution is 0.659. The predicted molar refractivity (Wildman–Crippen MR) is 80.9 cm³/mol. The summed E-state index contributed by atoms with van der Waals surface area (Å²) in [4.78, 5) is 0. The molecule has 0 saturated carbocycles. The van der Waals surface area contributed by atoms with Crippen LogP contribution in [0.1, 0.15) is 43.2 Å². The molecule has 0 aliphatic heterocycles. The molecule has 0 spiro atoms. The molecule has 0 aromatic heterocycles. The van der Waals surface area contributed by atoms with E-state index in [1.165, 1.54) is 46.0 Å². The molecule has 1 atom stereocenters. The van der Waals surface area contributed by atoms with Gasteiger partial charge >= 0.3 is 0 Å². The van der Waals surface area contributed by atoms with Crippen LogP contribution >= 0.6 is 15.9 Å². The number of hydrogen-bond donors (Lipinski definition) is 0. The molecule has 3 rings (SSSR count). The Kier molecular flexibility index (Phi) is 3.25. The normalized spacial score (nSPS) is 16.4. The zero-order chi connectivity index (χ0) is 12.5. The van der Waals surface area contributed by atoms with Crippen LogP contribution in [0.4, 0.5) is 0 Å². The third kappa shape index (κ3) is 1.91. The van der Waals surface area contributed by atoms with Crippen LogP contribution in [0.2, 0.25) is 0 Å². The molecule has 0 heterocycles. The number of hydrogen-bond acceptors (Lipinski definition) is 0. The van der Waals surface area contributed by atoms with E-state index in [9.17, 15) is 0 Å². The summed E-state index contributed by atoms with van der Waals surface area (Å²) in [6.07, 6.45) is 3.82. The average Bonchev–Trinajstić information content (AvgIpc) is 2.70. The molecule has 18 heavy (non-hydrogen) atoms.